The van der Waals surface area contributed by atoms with E-state index in [1.807, 2.05) is 30.5 Å². The zero-order valence-electron chi connectivity index (χ0n) is 14.9. The third kappa shape index (κ3) is 5.37. The number of benzene rings is 1. The van der Waals surface area contributed by atoms with E-state index in [1.54, 1.807) is 19.4 Å². The lowest BCUT2D eigenvalue weighted by Gasteiger charge is -2.09. The average molecular weight is 433 g/mol. The van der Waals surface area contributed by atoms with Crippen molar-refractivity contribution < 1.29 is 14.3 Å². The van der Waals surface area contributed by atoms with E-state index in [0.717, 1.165) is 33.1 Å². The van der Waals surface area contributed by atoms with Gasteiger partial charge < -0.3 is 25.1 Å². The molecule has 1 aromatic carbocycles. The molecule has 0 fully saturated rings. The largest absolute Gasteiger partial charge is 0.490 e. The van der Waals surface area contributed by atoms with Crippen LogP contribution >= 0.6 is 15.9 Å². The van der Waals surface area contributed by atoms with E-state index >= 15 is 0 Å². The molecule has 2 heterocycles. The Morgan fingerprint density at radius 3 is 2.78 bits per heavy atom. The van der Waals surface area contributed by atoms with Gasteiger partial charge in [-0.1, -0.05) is 0 Å². The van der Waals surface area contributed by atoms with Crippen LogP contribution in [0.5, 0.6) is 11.5 Å². The maximum Gasteiger partial charge on any atom is 0.314 e. The van der Waals surface area contributed by atoms with Crippen molar-refractivity contribution >= 4 is 32.9 Å². The lowest BCUT2D eigenvalue weighted by molar-refractivity contribution is 0.217. The molecule has 0 aliphatic heterocycles. The van der Waals surface area contributed by atoms with Gasteiger partial charge in [0.15, 0.2) is 0 Å². The molecule has 0 aliphatic carbocycles. The zero-order chi connectivity index (χ0) is 19.1. The Kier molecular flexibility index (Phi) is 6.54. The van der Waals surface area contributed by atoms with Gasteiger partial charge in [0.2, 0.25) is 0 Å². The summed E-state index contributed by atoms with van der Waals surface area (Å²) in [5.41, 5.74) is 2.16. The van der Waals surface area contributed by atoms with Gasteiger partial charge in [-0.05, 0) is 52.2 Å². The molecular weight excluding hydrogens is 412 g/mol. The number of urea groups is 1. The van der Waals surface area contributed by atoms with Crippen molar-refractivity contribution in [2.24, 2.45) is 0 Å². The van der Waals surface area contributed by atoms with E-state index in [0.29, 0.717) is 25.5 Å². The fourth-order valence-corrected chi connectivity index (χ4v) is 2.99. The molecule has 0 unspecified atom stereocenters. The first-order valence-electron chi connectivity index (χ1n) is 8.57. The van der Waals surface area contributed by atoms with Gasteiger partial charge in [0, 0.05) is 41.4 Å². The van der Waals surface area contributed by atoms with Gasteiger partial charge in [-0.25, -0.2) is 4.79 Å². The van der Waals surface area contributed by atoms with E-state index in [2.05, 4.69) is 36.5 Å². The summed E-state index contributed by atoms with van der Waals surface area (Å²) in [6.45, 7) is 1.41. The van der Waals surface area contributed by atoms with Crippen LogP contribution in [0.4, 0.5) is 4.79 Å². The van der Waals surface area contributed by atoms with Gasteiger partial charge in [0.05, 0.1) is 6.20 Å². The molecule has 0 bridgehead atoms. The van der Waals surface area contributed by atoms with Gasteiger partial charge in [-0.3, -0.25) is 4.98 Å². The van der Waals surface area contributed by atoms with E-state index in [1.165, 1.54) is 0 Å². The second-order valence-corrected chi connectivity index (χ2v) is 6.73. The highest BCUT2D eigenvalue weighted by Gasteiger charge is 2.06. The summed E-state index contributed by atoms with van der Waals surface area (Å²) in [5.74, 6) is 1.47. The summed E-state index contributed by atoms with van der Waals surface area (Å²) in [6.07, 6.45) is 6.06. The minimum absolute atomic E-state index is 0.181. The van der Waals surface area contributed by atoms with Crippen LogP contribution in [0.1, 0.15) is 5.56 Å². The summed E-state index contributed by atoms with van der Waals surface area (Å²) >= 11 is 3.36. The molecule has 0 spiro atoms. The van der Waals surface area contributed by atoms with E-state index in [-0.39, 0.29) is 6.03 Å². The molecule has 27 heavy (non-hydrogen) atoms. The van der Waals surface area contributed by atoms with Crippen LogP contribution in [0.3, 0.4) is 0 Å². The molecule has 0 aliphatic rings. The Hall–Kier alpha value is -2.74. The van der Waals surface area contributed by atoms with Gasteiger partial charge in [-0.2, -0.15) is 0 Å². The second kappa shape index (κ2) is 9.27. The predicted octanol–water partition coefficient (Wildman–Crippen LogP) is 3.25. The number of nitrogens with zero attached hydrogens (tertiary/aromatic N) is 1. The van der Waals surface area contributed by atoms with Crippen molar-refractivity contribution in [2.75, 3.05) is 26.8 Å². The summed E-state index contributed by atoms with van der Waals surface area (Å²) in [4.78, 5) is 18.6. The van der Waals surface area contributed by atoms with Crippen molar-refractivity contribution in [3.63, 3.8) is 0 Å². The molecule has 2 amide bonds. The van der Waals surface area contributed by atoms with Crippen molar-refractivity contribution in [2.45, 2.75) is 6.42 Å². The number of nitrogens with one attached hydrogen (secondary N) is 3. The second-order valence-electron chi connectivity index (χ2n) is 5.81. The van der Waals surface area contributed by atoms with E-state index < -0.39 is 0 Å². The molecular formula is C19H21BrN4O3. The number of H-pyrrole nitrogens is 1. The van der Waals surface area contributed by atoms with E-state index in [9.17, 15) is 4.79 Å². The third-order valence-corrected chi connectivity index (χ3v) is 4.38. The fraction of sp³-hybridized carbons (Fsp3) is 0.263. The first kappa shape index (κ1) is 19.0. The highest BCUT2D eigenvalue weighted by molar-refractivity contribution is 9.10. The summed E-state index contributed by atoms with van der Waals surface area (Å²) < 4.78 is 12.3. The van der Waals surface area contributed by atoms with Crippen LogP contribution in [0.25, 0.3) is 10.9 Å². The van der Waals surface area contributed by atoms with E-state index in [4.69, 9.17) is 9.47 Å². The fourth-order valence-electron chi connectivity index (χ4n) is 2.64. The van der Waals surface area contributed by atoms with Gasteiger partial charge in [0.25, 0.3) is 0 Å². The Morgan fingerprint density at radius 2 is 2.00 bits per heavy atom. The van der Waals surface area contributed by atoms with Crippen LogP contribution in [0, 0.1) is 0 Å². The van der Waals surface area contributed by atoms with Gasteiger partial charge in [0.1, 0.15) is 24.7 Å². The number of aromatic amines is 1. The third-order valence-electron chi connectivity index (χ3n) is 3.95. The first-order chi connectivity index (χ1) is 13.2. The predicted molar refractivity (Wildman–Crippen MR) is 107 cm³/mol. The minimum Gasteiger partial charge on any atom is -0.490 e. The van der Waals surface area contributed by atoms with Crippen LogP contribution in [-0.2, 0) is 6.42 Å². The van der Waals surface area contributed by atoms with Crippen molar-refractivity contribution in [3.8, 4) is 11.5 Å². The molecule has 142 valence electrons. The molecule has 0 atom stereocenters. The first-order valence-corrected chi connectivity index (χ1v) is 9.37. The topological polar surface area (TPSA) is 88.3 Å². The highest BCUT2D eigenvalue weighted by Crippen LogP contribution is 2.24. The smallest absolute Gasteiger partial charge is 0.314 e. The van der Waals surface area contributed by atoms with Crippen molar-refractivity contribution in [1.82, 2.24) is 20.6 Å². The van der Waals surface area contributed by atoms with Crippen molar-refractivity contribution in [3.05, 3.63) is 52.9 Å². The van der Waals surface area contributed by atoms with Gasteiger partial charge in [-0.15, -0.1) is 0 Å². The monoisotopic (exact) mass is 432 g/mol. The van der Waals surface area contributed by atoms with Gasteiger partial charge >= 0.3 is 6.03 Å². The van der Waals surface area contributed by atoms with Crippen LogP contribution in [0.2, 0.25) is 0 Å². The SMILES string of the molecule is CNC(=O)NCCc1c[nH]c2ccc(OCCOc3cncc(Br)c3)cc12. The lowest BCUT2D eigenvalue weighted by atomic mass is 10.1. The number of halogens is 1. The minimum atomic E-state index is -0.181. The molecule has 3 N–H and O–H groups in total. The summed E-state index contributed by atoms with van der Waals surface area (Å²) in [7, 11) is 1.60. The molecule has 0 saturated heterocycles. The summed E-state index contributed by atoms with van der Waals surface area (Å²) in [6, 6.07) is 7.59. The number of amides is 2. The standard InChI is InChI=1S/C19H21BrN4O3/c1-21-19(25)23-5-4-13-10-24-18-3-2-15(9-17(13)18)26-6-7-27-16-8-14(20)11-22-12-16/h2-3,8-12,24H,4-7H2,1H3,(H2,21,23,25). The number of pyridine rings is 1. The molecule has 0 saturated carbocycles. The molecule has 3 rings (SSSR count). The summed E-state index contributed by atoms with van der Waals surface area (Å²) in [5, 5.41) is 6.42. The Labute approximate surface area is 165 Å². The maximum atomic E-state index is 11.3. The Bertz CT molecular complexity index is 913. The molecule has 0 radical (unpaired) electrons. The number of carbonyl (C=O) groups is 1. The number of hydrogen-bond donors (Lipinski definition) is 3. The number of fused-ring (bicyclic) bond motifs is 1. The molecule has 2 aromatic heterocycles. The highest BCUT2D eigenvalue weighted by atomic mass is 79.9. The number of hydrogen-bond acceptors (Lipinski definition) is 4. The lowest BCUT2D eigenvalue weighted by Crippen LogP contribution is -2.33. The molecule has 8 heteroatoms. The van der Waals surface area contributed by atoms with Crippen LogP contribution in [0.15, 0.2) is 47.3 Å². The Morgan fingerprint density at radius 1 is 1.19 bits per heavy atom. The number of rotatable bonds is 8. The van der Waals surface area contributed by atoms with Crippen LogP contribution in [-0.4, -0.2) is 42.8 Å². The number of aromatic nitrogens is 2. The van der Waals surface area contributed by atoms with Crippen LogP contribution < -0.4 is 20.1 Å². The maximum absolute atomic E-state index is 11.3. The zero-order valence-corrected chi connectivity index (χ0v) is 16.5. The number of carbonyl (C=O) groups excluding carboxylic acids is 1. The normalized spacial score (nSPS) is 10.6. The molecule has 3 aromatic rings. The van der Waals surface area contributed by atoms with Crippen molar-refractivity contribution in [1.29, 1.82) is 0 Å². The average Bonchev–Trinajstić information content (AvgIpc) is 3.07. The Balaban J connectivity index is 1.54. The quantitative estimate of drug-likeness (QED) is 0.476. The number of ether oxygens (including phenoxy) is 2. The molecule has 7 nitrogen and oxygen atoms in total.